The van der Waals surface area contributed by atoms with Crippen molar-refractivity contribution >= 4 is 11.8 Å². The summed E-state index contributed by atoms with van der Waals surface area (Å²) in [7, 11) is 0. The van der Waals surface area contributed by atoms with Gasteiger partial charge in [0.2, 0.25) is 0 Å². The molecule has 0 aliphatic rings. The van der Waals surface area contributed by atoms with Crippen molar-refractivity contribution in [3.63, 3.8) is 0 Å². The van der Waals surface area contributed by atoms with Gasteiger partial charge in [-0.25, -0.2) is 0 Å². The van der Waals surface area contributed by atoms with E-state index < -0.39 is 0 Å². The summed E-state index contributed by atoms with van der Waals surface area (Å²) in [5, 5.41) is 5.85. The second-order valence-corrected chi connectivity index (χ2v) is 6.35. The normalized spacial score (nSPS) is 11.4. The molecule has 2 N–H and O–H groups in total. The van der Waals surface area contributed by atoms with Gasteiger partial charge in [0.05, 0.1) is 6.04 Å². The first kappa shape index (κ1) is 18.4. The summed E-state index contributed by atoms with van der Waals surface area (Å²) in [6.45, 7) is 2.41. The van der Waals surface area contributed by atoms with Crippen LogP contribution in [0.5, 0.6) is 0 Å². The number of hydrogen-bond donors (Lipinski definition) is 2. The van der Waals surface area contributed by atoms with Crippen molar-refractivity contribution in [2.75, 3.05) is 0 Å². The van der Waals surface area contributed by atoms with E-state index in [1.807, 2.05) is 67.6 Å². The molecule has 0 aliphatic heterocycles. The molecule has 0 saturated carbocycles. The average molecular weight is 358 g/mol. The Kier molecular flexibility index (Phi) is 6.00. The van der Waals surface area contributed by atoms with Crippen molar-refractivity contribution in [3.05, 3.63) is 107 Å². The van der Waals surface area contributed by atoms with Gasteiger partial charge in [-0.05, 0) is 42.3 Å². The van der Waals surface area contributed by atoms with Crippen molar-refractivity contribution in [3.8, 4) is 0 Å². The van der Waals surface area contributed by atoms with Gasteiger partial charge in [0, 0.05) is 17.7 Å². The number of rotatable bonds is 6. The highest BCUT2D eigenvalue weighted by Gasteiger charge is 2.12. The molecule has 0 saturated heterocycles. The van der Waals surface area contributed by atoms with E-state index in [4.69, 9.17) is 0 Å². The van der Waals surface area contributed by atoms with Crippen LogP contribution in [0.3, 0.4) is 0 Å². The Morgan fingerprint density at radius 3 is 1.85 bits per heavy atom. The fourth-order valence-electron chi connectivity index (χ4n) is 2.76. The number of nitrogens with one attached hydrogen (secondary N) is 2. The smallest absolute Gasteiger partial charge is 0.251 e. The van der Waals surface area contributed by atoms with Crippen molar-refractivity contribution in [2.45, 2.75) is 19.5 Å². The molecule has 2 amide bonds. The summed E-state index contributed by atoms with van der Waals surface area (Å²) < 4.78 is 0. The highest BCUT2D eigenvalue weighted by molar-refractivity contribution is 5.97. The summed E-state index contributed by atoms with van der Waals surface area (Å²) in [6.07, 6.45) is 0. The molecule has 3 aromatic carbocycles. The monoisotopic (exact) mass is 358 g/mol. The van der Waals surface area contributed by atoms with Crippen LogP contribution >= 0.6 is 0 Å². The second-order valence-electron chi connectivity index (χ2n) is 6.35. The number of hydrogen-bond acceptors (Lipinski definition) is 2. The second kappa shape index (κ2) is 8.81. The van der Waals surface area contributed by atoms with Crippen LogP contribution in [0.25, 0.3) is 0 Å². The zero-order valence-electron chi connectivity index (χ0n) is 15.2. The Balaban J connectivity index is 1.57. The standard InChI is InChI=1S/C23H22N2O2/c1-17(19-10-6-3-7-11-19)25-23(27)21-14-12-20(13-15-21)22(26)24-16-18-8-4-2-5-9-18/h2-15,17H,16H2,1H3,(H,24,26)(H,25,27). The highest BCUT2D eigenvalue weighted by Crippen LogP contribution is 2.13. The zero-order chi connectivity index (χ0) is 19.1. The molecule has 0 heterocycles. The predicted molar refractivity (Wildman–Crippen MR) is 106 cm³/mol. The topological polar surface area (TPSA) is 58.2 Å². The molecule has 3 aromatic rings. The molecule has 0 spiro atoms. The first-order valence-electron chi connectivity index (χ1n) is 8.91. The van der Waals surface area contributed by atoms with Crippen molar-refractivity contribution in [2.24, 2.45) is 0 Å². The van der Waals surface area contributed by atoms with Crippen molar-refractivity contribution in [1.29, 1.82) is 0 Å². The number of carbonyl (C=O) groups excluding carboxylic acids is 2. The molecule has 0 fully saturated rings. The third kappa shape index (κ3) is 5.05. The largest absolute Gasteiger partial charge is 0.348 e. The van der Waals surface area contributed by atoms with Crippen molar-refractivity contribution < 1.29 is 9.59 Å². The van der Waals surface area contributed by atoms with E-state index in [9.17, 15) is 9.59 Å². The summed E-state index contributed by atoms with van der Waals surface area (Å²) in [5.74, 6) is -0.328. The molecule has 136 valence electrons. The first-order chi connectivity index (χ1) is 13.1. The third-order valence-corrected chi connectivity index (χ3v) is 4.35. The van der Waals surface area contributed by atoms with Crippen LogP contribution in [0.15, 0.2) is 84.9 Å². The molecule has 0 aliphatic carbocycles. The van der Waals surface area contributed by atoms with Crippen LogP contribution in [-0.2, 0) is 6.54 Å². The number of amides is 2. The number of benzene rings is 3. The minimum atomic E-state index is -0.164. The van der Waals surface area contributed by atoms with E-state index in [0.29, 0.717) is 17.7 Å². The van der Waals surface area contributed by atoms with Gasteiger partial charge in [0.25, 0.3) is 11.8 Å². The molecule has 27 heavy (non-hydrogen) atoms. The Morgan fingerprint density at radius 1 is 0.741 bits per heavy atom. The van der Waals surface area contributed by atoms with Crippen LogP contribution in [0.4, 0.5) is 0 Å². The fourth-order valence-corrected chi connectivity index (χ4v) is 2.76. The molecule has 1 unspecified atom stereocenters. The number of carbonyl (C=O) groups is 2. The van der Waals surface area contributed by atoms with Gasteiger partial charge < -0.3 is 10.6 Å². The molecule has 4 heteroatoms. The maximum Gasteiger partial charge on any atom is 0.251 e. The quantitative estimate of drug-likeness (QED) is 0.697. The van der Waals surface area contributed by atoms with E-state index in [-0.39, 0.29) is 17.9 Å². The minimum Gasteiger partial charge on any atom is -0.348 e. The first-order valence-corrected chi connectivity index (χ1v) is 8.91. The van der Waals surface area contributed by atoms with E-state index in [1.165, 1.54) is 0 Å². The average Bonchev–Trinajstić information content (AvgIpc) is 2.73. The molecule has 0 radical (unpaired) electrons. The predicted octanol–water partition coefficient (Wildman–Crippen LogP) is 4.11. The van der Waals surface area contributed by atoms with Crippen molar-refractivity contribution in [1.82, 2.24) is 10.6 Å². The highest BCUT2D eigenvalue weighted by atomic mass is 16.2. The van der Waals surface area contributed by atoms with Crippen LogP contribution < -0.4 is 10.6 Å². The van der Waals surface area contributed by atoms with E-state index in [1.54, 1.807) is 24.3 Å². The lowest BCUT2D eigenvalue weighted by molar-refractivity contribution is 0.0932. The van der Waals surface area contributed by atoms with Gasteiger partial charge in [-0.1, -0.05) is 60.7 Å². The molecular weight excluding hydrogens is 336 g/mol. The summed E-state index contributed by atoms with van der Waals surface area (Å²) in [5.41, 5.74) is 3.13. The maximum atomic E-state index is 12.4. The third-order valence-electron chi connectivity index (χ3n) is 4.35. The van der Waals surface area contributed by atoms with Crippen LogP contribution in [0, 0.1) is 0 Å². The zero-order valence-corrected chi connectivity index (χ0v) is 15.2. The fraction of sp³-hybridized carbons (Fsp3) is 0.130. The lowest BCUT2D eigenvalue weighted by Gasteiger charge is -2.14. The van der Waals surface area contributed by atoms with Crippen LogP contribution in [0.2, 0.25) is 0 Å². The minimum absolute atomic E-state index is 0.0902. The SMILES string of the molecule is CC(NC(=O)c1ccc(C(=O)NCc2ccccc2)cc1)c1ccccc1. The Hall–Kier alpha value is -3.40. The molecule has 3 rings (SSSR count). The van der Waals surface area contributed by atoms with E-state index in [0.717, 1.165) is 11.1 Å². The maximum absolute atomic E-state index is 12.4. The van der Waals surface area contributed by atoms with Crippen LogP contribution in [0.1, 0.15) is 44.8 Å². The Bertz CT molecular complexity index is 891. The Labute approximate surface area is 159 Å². The lowest BCUT2D eigenvalue weighted by Crippen LogP contribution is -2.27. The molecule has 1 atom stereocenters. The lowest BCUT2D eigenvalue weighted by atomic mass is 10.1. The molecular formula is C23H22N2O2. The van der Waals surface area contributed by atoms with Gasteiger partial charge in [0.15, 0.2) is 0 Å². The summed E-state index contributed by atoms with van der Waals surface area (Å²) >= 11 is 0. The van der Waals surface area contributed by atoms with E-state index in [2.05, 4.69) is 10.6 Å². The van der Waals surface area contributed by atoms with Gasteiger partial charge in [0.1, 0.15) is 0 Å². The van der Waals surface area contributed by atoms with Gasteiger partial charge in [-0.3, -0.25) is 9.59 Å². The summed E-state index contributed by atoms with van der Waals surface area (Å²) in [6, 6.07) is 26.1. The van der Waals surface area contributed by atoms with Gasteiger partial charge in [-0.15, -0.1) is 0 Å². The molecule has 4 nitrogen and oxygen atoms in total. The Morgan fingerprint density at radius 2 is 1.26 bits per heavy atom. The molecule has 0 aromatic heterocycles. The molecule has 0 bridgehead atoms. The summed E-state index contributed by atoms with van der Waals surface area (Å²) in [4.78, 5) is 24.7. The van der Waals surface area contributed by atoms with Crippen LogP contribution in [-0.4, -0.2) is 11.8 Å². The van der Waals surface area contributed by atoms with Gasteiger partial charge in [-0.2, -0.15) is 0 Å². The van der Waals surface area contributed by atoms with Gasteiger partial charge >= 0.3 is 0 Å². The van der Waals surface area contributed by atoms with E-state index >= 15 is 0 Å².